The van der Waals surface area contributed by atoms with Gasteiger partial charge in [-0.1, -0.05) is 89.1 Å². The van der Waals surface area contributed by atoms with Gasteiger partial charge in [0.1, 0.15) is 18.1 Å². The van der Waals surface area contributed by atoms with Gasteiger partial charge in [-0.15, -0.1) is 11.3 Å². The molecule has 21 nitrogen and oxygen atoms in total. The summed E-state index contributed by atoms with van der Waals surface area (Å²) in [5, 5.41) is 32.9. The molecule has 470 valence electrons. The van der Waals surface area contributed by atoms with Crippen LogP contribution < -0.4 is 42.5 Å². The van der Waals surface area contributed by atoms with Crippen LogP contribution in [0.15, 0.2) is 122 Å². The van der Waals surface area contributed by atoms with Gasteiger partial charge >= 0.3 is 6.18 Å². The van der Waals surface area contributed by atoms with Crippen LogP contribution in [-0.2, 0) is 41.5 Å². The summed E-state index contributed by atoms with van der Waals surface area (Å²) in [6, 6.07) is 19.8. The topological polar surface area (TPSA) is 295 Å². The predicted octanol–water partition coefficient (Wildman–Crippen LogP) is 9.14. The minimum Gasteiger partial charge on any atom is -0.391 e. The molecule has 9 N–H and O–H groups in total. The number of aliphatic hydroxyl groups excluding tert-OH is 1. The highest BCUT2D eigenvalue weighted by atomic mass is 32.1. The monoisotopic (exact) mass is 1240 g/mol. The first-order valence-electron chi connectivity index (χ1n) is 29.0. The maximum Gasteiger partial charge on any atom is 0.416 e. The number of rotatable bonds is 27. The van der Waals surface area contributed by atoms with Crippen molar-refractivity contribution in [2.45, 2.75) is 129 Å². The minimum absolute atomic E-state index is 0.0265. The van der Waals surface area contributed by atoms with E-state index in [0.717, 1.165) is 65.2 Å². The maximum atomic E-state index is 14.1. The number of anilines is 5. The Hall–Kier alpha value is -9.36. The van der Waals surface area contributed by atoms with E-state index in [0.29, 0.717) is 36.3 Å². The summed E-state index contributed by atoms with van der Waals surface area (Å²) in [5.41, 5.74) is 4.66. The van der Waals surface area contributed by atoms with Crippen molar-refractivity contribution in [2.24, 2.45) is 5.41 Å². The number of aromatic nitrogens is 3. The van der Waals surface area contributed by atoms with E-state index >= 15 is 0 Å². The van der Waals surface area contributed by atoms with Gasteiger partial charge < -0.3 is 52.5 Å². The highest BCUT2D eigenvalue weighted by Gasteiger charge is 2.44. The van der Waals surface area contributed by atoms with E-state index in [1.807, 2.05) is 52.0 Å². The predicted molar refractivity (Wildman–Crippen MR) is 333 cm³/mol. The van der Waals surface area contributed by atoms with Gasteiger partial charge in [-0.2, -0.15) is 13.2 Å². The van der Waals surface area contributed by atoms with Gasteiger partial charge in [0.05, 0.1) is 45.8 Å². The second-order valence-electron chi connectivity index (χ2n) is 22.6. The van der Waals surface area contributed by atoms with Crippen LogP contribution in [0.5, 0.6) is 0 Å². The molecule has 1 aliphatic heterocycles. The zero-order chi connectivity index (χ0) is 64.4. The van der Waals surface area contributed by atoms with E-state index in [1.54, 1.807) is 54.1 Å². The molecule has 0 saturated carbocycles. The van der Waals surface area contributed by atoms with Gasteiger partial charge in [0, 0.05) is 67.1 Å². The molecule has 3 heterocycles. The van der Waals surface area contributed by atoms with E-state index in [4.69, 9.17) is 0 Å². The van der Waals surface area contributed by atoms with Crippen LogP contribution in [-0.4, -0.2) is 110 Å². The van der Waals surface area contributed by atoms with Crippen LogP contribution in [0.3, 0.4) is 0 Å². The zero-order valence-electron chi connectivity index (χ0n) is 50.0. The lowest BCUT2D eigenvalue weighted by Crippen LogP contribution is -2.57. The molecule has 0 bridgehead atoms. The molecule has 1 saturated heterocycles. The van der Waals surface area contributed by atoms with Gasteiger partial charge in [-0.05, 0) is 110 Å². The molecule has 4 unspecified atom stereocenters. The van der Waals surface area contributed by atoms with Crippen molar-refractivity contribution < 1.29 is 56.6 Å². The largest absolute Gasteiger partial charge is 0.416 e. The summed E-state index contributed by atoms with van der Waals surface area (Å²) in [4.78, 5) is 121. The second kappa shape index (κ2) is 31.0. The van der Waals surface area contributed by atoms with Crippen LogP contribution in [0.2, 0.25) is 0 Å². The number of β-amino-alcohol motifs (C(OH)–C–C–N with tert-alkyl or cyclic N) is 1. The number of benzene rings is 4. The number of thiazole rings is 1. The Balaban J connectivity index is 0.795. The molecule has 25 heteroatoms. The van der Waals surface area contributed by atoms with Crippen molar-refractivity contribution in [1.82, 2.24) is 41.1 Å². The van der Waals surface area contributed by atoms with Crippen LogP contribution in [0.1, 0.15) is 122 Å². The van der Waals surface area contributed by atoms with E-state index < -0.39 is 70.9 Å². The molecule has 7 rings (SSSR count). The van der Waals surface area contributed by atoms with E-state index in [9.17, 15) is 56.6 Å². The summed E-state index contributed by atoms with van der Waals surface area (Å²) in [6.45, 7) is 13.2. The van der Waals surface area contributed by atoms with E-state index in [-0.39, 0.29) is 84.9 Å². The number of amides is 8. The number of hydrogen-bond donors (Lipinski definition) is 9. The molecule has 4 aromatic carbocycles. The fourth-order valence-electron chi connectivity index (χ4n) is 9.72. The lowest BCUT2D eigenvalue weighted by atomic mass is 9.85. The number of halogens is 3. The molecule has 6 aromatic rings. The molecule has 0 radical (unpaired) electrons. The van der Waals surface area contributed by atoms with E-state index in [2.05, 4.69) is 64.1 Å². The SMILES string of the molecule is C=CC(=O)NC(CCC(=O)NCCCCCCCC(=O)NC(C(=O)N1CC(O)CC1C(=O)NCc1ccc(-c2scnc2C)cc1)C(C)(C)C)C(=O)Nc1cccc(Nc2ncc(NC(=O)c3cc(NC(=O)c4cccc(C(F)(F)F)c4)ccc3C)cn2)c1. The lowest BCUT2D eigenvalue weighted by Gasteiger charge is -2.35. The molecule has 0 aliphatic carbocycles. The third-order valence-electron chi connectivity index (χ3n) is 14.6. The van der Waals surface area contributed by atoms with Crippen LogP contribution in [0.4, 0.5) is 41.9 Å². The second-order valence-corrected chi connectivity index (χ2v) is 23.5. The fraction of sp³-hybridized carbons (Fsp3) is 0.359. The smallest absolute Gasteiger partial charge is 0.391 e. The molecule has 4 atom stereocenters. The normalized spacial score (nSPS) is 14.6. The van der Waals surface area contributed by atoms with Crippen LogP contribution >= 0.6 is 11.3 Å². The molecule has 89 heavy (non-hydrogen) atoms. The first kappa shape index (κ1) is 67.2. The first-order valence-corrected chi connectivity index (χ1v) is 29.9. The summed E-state index contributed by atoms with van der Waals surface area (Å²) < 4.78 is 39.7. The van der Waals surface area contributed by atoms with E-state index in [1.165, 1.54) is 35.5 Å². The Labute approximate surface area is 517 Å². The average Bonchev–Trinajstić information content (AvgIpc) is 3.39. The number of unbranched alkanes of at least 4 members (excludes halogenated alkanes) is 4. The lowest BCUT2D eigenvalue weighted by molar-refractivity contribution is -0.144. The summed E-state index contributed by atoms with van der Waals surface area (Å²) in [5.74, 6) is -3.90. The fourth-order valence-corrected chi connectivity index (χ4v) is 10.5. The van der Waals surface area contributed by atoms with Crippen molar-refractivity contribution in [3.63, 3.8) is 0 Å². The van der Waals surface area contributed by atoms with Crippen molar-refractivity contribution in [3.8, 4) is 10.4 Å². The zero-order valence-corrected chi connectivity index (χ0v) is 50.8. The summed E-state index contributed by atoms with van der Waals surface area (Å²) in [6.07, 6.45) is 1.79. The third-order valence-corrected chi connectivity index (χ3v) is 15.6. The van der Waals surface area contributed by atoms with Gasteiger partial charge in [0.25, 0.3) is 11.8 Å². The Morgan fingerprint density at radius 3 is 2.12 bits per heavy atom. The third kappa shape index (κ3) is 19.8. The number of carbonyl (C=O) groups excluding carboxylic acids is 8. The number of aliphatic hydroxyl groups is 1. The Morgan fingerprint density at radius 2 is 1.43 bits per heavy atom. The Bertz CT molecular complexity index is 3520. The standard InChI is InChI=1S/C64H73F3N12O9S/c1-7-52(81)77-50(59(86)74-44-17-14-18-45(30-44)76-62-70-34-47(35-71-62)75-58(85)49-31-46(25-20-38(49)2)73-57(84)42-15-13-16-43(29-42)64(65,66)67)26-27-53(82)68-28-12-10-8-9-11-19-54(83)78-56(63(4,5)6)61(88)79-36-48(80)32-51(79)60(87)69-33-40-21-23-41(24-22-40)55-39(3)72-37-89-55/h7,13-18,20-25,29-31,34-35,37,48,50-51,56,80H,1,8-12,19,26-28,32-33,36H2,2-6H3,(H,68,82)(H,69,87)(H,73,84)(H,74,86)(H,75,85)(H,77,81)(H,78,83)(H,70,71,76). The molecular formula is C64H73F3N12O9S. The van der Waals surface area contributed by atoms with Crippen molar-refractivity contribution in [3.05, 3.63) is 155 Å². The first-order chi connectivity index (χ1) is 42.3. The average molecular weight is 1240 g/mol. The van der Waals surface area contributed by atoms with Crippen LogP contribution in [0.25, 0.3) is 10.4 Å². The number of likely N-dealkylation sites (tertiary alicyclic amines) is 1. The molecule has 0 spiro atoms. The van der Waals surface area contributed by atoms with Gasteiger partial charge in [0.15, 0.2) is 0 Å². The molecule has 1 fully saturated rings. The number of nitrogens with zero attached hydrogens (tertiary/aromatic N) is 4. The Morgan fingerprint density at radius 1 is 0.742 bits per heavy atom. The molecule has 2 aromatic heterocycles. The summed E-state index contributed by atoms with van der Waals surface area (Å²) in [7, 11) is 0. The van der Waals surface area contributed by atoms with Crippen molar-refractivity contribution in [2.75, 3.05) is 34.4 Å². The van der Waals surface area contributed by atoms with Gasteiger partial charge in [-0.3, -0.25) is 38.4 Å². The van der Waals surface area contributed by atoms with Crippen LogP contribution in [0, 0.1) is 19.3 Å². The highest BCUT2D eigenvalue weighted by molar-refractivity contribution is 7.13. The van der Waals surface area contributed by atoms with Crippen molar-refractivity contribution in [1.29, 1.82) is 0 Å². The number of carbonyl (C=O) groups is 8. The molecule has 8 amide bonds. The molecule has 1 aliphatic rings. The number of nitrogens with one attached hydrogen (secondary N) is 8. The number of aryl methyl sites for hydroxylation is 2. The van der Waals surface area contributed by atoms with Crippen molar-refractivity contribution >= 4 is 87.3 Å². The van der Waals surface area contributed by atoms with Gasteiger partial charge in [-0.25, -0.2) is 15.0 Å². The highest BCUT2D eigenvalue weighted by Crippen LogP contribution is 2.31. The maximum absolute atomic E-state index is 14.1. The number of alkyl halides is 3. The number of hydrogen-bond acceptors (Lipinski definition) is 14. The Kier molecular flexibility index (Phi) is 23.4. The minimum atomic E-state index is -4.63. The van der Waals surface area contributed by atoms with Gasteiger partial charge in [0.2, 0.25) is 41.4 Å². The molecular weight excluding hydrogens is 1170 g/mol. The quantitative estimate of drug-likeness (QED) is 0.0172. The summed E-state index contributed by atoms with van der Waals surface area (Å²) >= 11 is 1.55.